The lowest BCUT2D eigenvalue weighted by molar-refractivity contribution is 0.101. The van der Waals surface area contributed by atoms with E-state index in [2.05, 4.69) is 24.1 Å². The summed E-state index contributed by atoms with van der Waals surface area (Å²) in [7, 11) is 2.12. The second-order valence-electron chi connectivity index (χ2n) is 6.14. The van der Waals surface area contributed by atoms with Gasteiger partial charge in [-0.15, -0.1) is 0 Å². The summed E-state index contributed by atoms with van der Waals surface area (Å²) >= 11 is 2.22. The summed E-state index contributed by atoms with van der Waals surface area (Å²) in [5, 5.41) is 4.45. The van der Waals surface area contributed by atoms with Crippen LogP contribution in [0.4, 0.5) is 0 Å². The van der Waals surface area contributed by atoms with E-state index in [1.54, 1.807) is 0 Å². The van der Waals surface area contributed by atoms with Gasteiger partial charge in [-0.25, -0.2) is 0 Å². The van der Waals surface area contributed by atoms with Crippen LogP contribution in [-0.4, -0.2) is 36.8 Å². The minimum Gasteiger partial charge on any atom is -0.378 e. The monoisotopic (exact) mass is 285 g/mol. The van der Waals surface area contributed by atoms with Crippen molar-refractivity contribution in [2.45, 2.75) is 81.6 Å². The topological polar surface area (TPSA) is 21.3 Å². The Labute approximate surface area is 123 Å². The Morgan fingerprint density at radius 1 is 1.16 bits per heavy atom. The normalized spacial score (nSPS) is 26.7. The molecule has 1 aliphatic carbocycles. The van der Waals surface area contributed by atoms with E-state index in [0.717, 1.165) is 11.9 Å². The van der Waals surface area contributed by atoms with Gasteiger partial charge >= 0.3 is 0 Å². The molecule has 2 rings (SSSR count). The molecule has 2 aliphatic rings. The number of thioether (sulfide) groups is 1. The molecular weight excluding hydrogens is 254 g/mol. The highest BCUT2D eigenvalue weighted by atomic mass is 32.2. The van der Waals surface area contributed by atoms with Gasteiger partial charge in [-0.2, -0.15) is 11.8 Å². The fraction of sp³-hybridized carbons (Fsp3) is 1.00. The van der Waals surface area contributed by atoms with Crippen LogP contribution in [0, 0.1) is 0 Å². The summed E-state index contributed by atoms with van der Waals surface area (Å²) in [6.07, 6.45) is 14.3. The maximum absolute atomic E-state index is 5.70. The Balaban J connectivity index is 1.54. The van der Waals surface area contributed by atoms with Crippen LogP contribution < -0.4 is 5.32 Å². The average molecular weight is 285 g/mol. The quantitative estimate of drug-likeness (QED) is 0.728. The first-order valence-electron chi connectivity index (χ1n) is 8.29. The molecule has 0 spiro atoms. The smallest absolute Gasteiger partial charge is 0.0576 e. The number of hydrogen-bond acceptors (Lipinski definition) is 3. The van der Waals surface area contributed by atoms with Gasteiger partial charge in [0.05, 0.1) is 6.10 Å². The van der Waals surface area contributed by atoms with Crippen molar-refractivity contribution in [2.75, 3.05) is 19.4 Å². The maximum Gasteiger partial charge on any atom is 0.0576 e. The first-order valence-corrected chi connectivity index (χ1v) is 9.34. The Hall–Kier alpha value is 0.270. The van der Waals surface area contributed by atoms with Crippen molar-refractivity contribution >= 4 is 11.8 Å². The highest BCUT2D eigenvalue weighted by Crippen LogP contribution is 2.29. The minimum atomic E-state index is 0.573. The fourth-order valence-corrected chi connectivity index (χ4v) is 4.76. The maximum atomic E-state index is 5.70. The molecule has 1 aliphatic heterocycles. The molecule has 1 heterocycles. The highest BCUT2D eigenvalue weighted by molar-refractivity contribution is 7.99. The summed E-state index contributed by atoms with van der Waals surface area (Å²) in [6, 6.07) is 0.702. The van der Waals surface area contributed by atoms with Gasteiger partial charge in [0.25, 0.3) is 0 Å². The molecule has 0 aromatic rings. The van der Waals surface area contributed by atoms with Gasteiger partial charge in [-0.3, -0.25) is 0 Å². The van der Waals surface area contributed by atoms with Crippen LogP contribution >= 0.6 is 11.8 Å². The van der Waals surface area contributed by atoms with Crippen molar-refractivity contribution in [1.29, 1.82) is 0 Å². The zero-order valence-electron chi connectivity index (χ0n) is 12.5. The van der Waals surface area contributed by atoms with E-state index in [0.29, 0.717) is 12.1 Å². The molecule has 112 valence electrons. The predicted octanol–water partition coefficient (Wildman–Crippen LogP) is 3.99. The Morgan fingerprint density at radius 3 is 2.68 bits per heavy atom. The van der Waals surface area contributed by atoms with Gasteiger partial charge in [0.2, 0.25) is 0 Å². The Kier molecular flexibility index (Phi) is 7.62. The van der Waals surface area contributed by atoms with Crippen molar-refractivity contribution in [3.05, 3.63) is 0 Å². The largest absolute Gasteiger partial charge is 0.378 e. The molecule has 0 aromatic heterocycles. The molecule has 3 heteroatoms. The molecule has 0 radical (unpaired) electrons. The van der Waals surface area contributed by atoms with E-state index in [-0.39, 0.29) is 0 Å². The molecule has 0 bridgehead atoms. The summed E-state index contributed by atoms with van der Waals surface area (Å²) in [5.74, 6) is 1.30. The van der Waals surface area contributed by atoms with E-state index < -0.39 is 0 Å². The molecule has 1 saturated carbocycles. The number of nitrogens with one attached hydrogen (secondary N) is 1. The molecule has 1 N–H and O–H groups in total. The lowest BCUT2D eigenvalue weighted by Crippen LogP contribution is -2.29. The molecule has 2 nitrogen and oxygen atoms in total. The Morgan fingerprint density at radius 2 is 2.00 bits per heavy atom. The zero-order valence-corrected chi connectivity index (χ0v) is 13.4. The van der Waals surface area contributed by atoms with Crippen molar-refractivity contribution in [1.82, 2.24) is 5.32 Å². The average Bonchev–Trinajstić information content (AvgIpc) is 2.97. The third-order valence-electron chi connectivity index (χ3n) is 4.60. The van der Waals surface area contributed by atoms with E-state index in [4.69, 9.17) is 4.74 Å². The van der Waals surface area contributed by atoms with Gasteiger partial charge in [-0.1, -0.05) is 19.3 Å². The van der Waals surface area contributed by atoms with Gasteiger partial charge in [0.15, 0.2) is 0 Å². The van der Waals surface area contributed by atoms with Crippen molar-refractivity contribution < 1.29 is 4.74 Å². The molecule has 2 fully saturated rings. The Bertz CT molecular complexity index is 225. The molecule has 19 heavy (non-hydrogen) atoms. The van der Waals surface area contributed by atoms with Gasteiger partial charge in [0.1, 0.15) is 0 Å². The van der Waals surface area contributed by atoms with Crippen LogP contribution in [0.1, 0.15) is 64.2 Å². The summed E-state index contributed by atoms with van der Waals surface area (Å²) < 4.78 is 5.70. The summed E-state index contributed by atoms with van der Waals surface area (Å²) in [4.78, 5) is 0. The lowest BCUT2D eigenvalue weighted by Gasteiger charge is -2.24. The number of rotatable bonds is 8. The fourth-order valence-electron chi connectivity index (χ4n) is 3.26. The molecule has 0 amide bonds. The number of ether oxygens (including phenoxy) is 1. The summed E-state index contributed by atoms with van der Waals surface area (Å²) in [5.41, 5.74) is 0. The van der Waals surface area contributed by atoms with Gasteiger partial charge in [0, 0.05) is 23.7 Å². The number of hydrogen-bond donors (Lipinski definition) is 1. The molecule has 2 unspecified atom stereocenters. The SMILES string of the molecule is CNC(CCCC1CCCO1)CSC1CCCCC1. The third-order valence-corrected chi connectivity index (χ3v) is 6.13. The van der Waals surface area contributed by atoms with Crippen molar-refractivity contribution in [3.8, 4) is 0 Å². The van der Waals surface area contributed by atoms with Crippen LogP contribution in [0.2, 0.25) is 0 Å². The van der Waals surface area contributed by atoms with Crippen LogP contribution in [-0.2, 0) is 4.74 Å². The van der Waals surface area contributed by atoms with Gasteiger partial charge in [-0.05, 0) is 52.0 Å². The standard InChI is InChI=1S/C16H31NOS/c1-17-14(7-5-8-15-9-6-12-18-15)13-19-16-10-3-2-4-11-16/h14-17H,2-13H2,1H3. The minimum absolute atomic E-state index is 0.573. The van der Waals surface area contributed by atoms with Crippen LogP contribution in [0.3, 0.4) is 0 Å². The van der Waals surface area contributed by atoms with E-state index in [9.17, 15) is 0 Å². The van der Waals surface area contributed by atoms with Crippen LogP contribution in [0.15, 0.2) is 0 Å². The summed E-state index contributed by atoms with van der Waals surface area (Å²) in [6.45, 7) is 0.998. The molecule has 2 atom stereocenters. The van der Waals surface area contributed by atoms with Crippen molar-refractivity contribution in [3.63, 3.8) is 0 Å². The first kappa shape index (κ1) is 15.7. The molecular formula is C16H31NOS. The molecule has 1 saturated heterocycles. The second kappa shape index (κ2) is 9.25. The van der Waals surface area contributed by atoms with Crippen LogP contribution in [0.25, 0.3) is 0 Å². The van der Waals surface area contributed by atoms with Crippen LogP contribution in [0.5, 0.6) is 0 Å². The molecule has 0 aromatic carbocycles. The predicted molar refractivity (Wildman–Crippen MR) is 85.0 cm³/mol. The highest BCUT2D eigenvalue weighted by Gasteiger charge is 2.18. The van der Waals surface area contributed by atoms with Gasteiger partial charge < -0.3 is 10.1 Å². The van der Waals surface area contributed by atoms with E-state index in [1.165, 1.54) is 70.0 Å². The third kappa shape index (κ3) is 6.05. The first-order chi connectivity index (χ1) is 9.38. The lowest BCUT2D eigenvalue weighted by atomic mass is 10.0. The second-order valence-corrected chi connectivity index (χ2v) is 7.48. The zero-order chi connectivity index (χ0) is 13.3. The van der Waals surface area contributed by atoms with E-state index >= 15 is 0 Å². The van der Waals surface area contributed by atoms with Crippen molar-refractivity contribution in [2.24, 2.45) is 0 Å². The van der Waals surface area contributed by atoms with E-state index in [1.807, 2.05) is 0 Å².